The van der Waals surface area contributed by atoms with Crippen molar-refractivity contribution in [1.29, 1.82) is 0 Å². The van der Waals surface area contributed by atoms with E-state index in [1.54, 1.807) is 41.1 Å². The van der Waals surface area contributed by atoms with Crippen molar-refractivity contribution in [2.45, 2.75) is 26.3 Å². The Hall–Kier alpha value is -3.32. The quantitative estimate of drug-likeness (QED) is 0.634. The van der Waals surface area contributed by atoms with Gasteiger partial charge in [-0.2, -0.15) is 5.10 Å². The average molecular weight is 425 g/mol. The van der Waals surface area contributed by atoms with Crippen LogP contribution in [-0.4, -0.2) is 28.2 Å². The van der Waals surface area contributed by atoms with Crippen LogP contribution in [0.4, 0.5) is 11.5 Å². The van der Waals surface area contributed by atoms with Crippen LogP contribution in [0.3, 0.4) is 0 Å². The first-order valence-electron chi connectivity index (χ1n) is 9.65. The molecule has 1 aromatic heterocycles. The number of hydrogen-bond acceptors (Lipinski definition) is 4. The number of rotatable bonds is 5. The summed E-state index contributed by atoms with van der Waals surface area (Å²) in [6.45, 7) is 4.34. The van der Waals surface area contributed by atoms with Gasteiger partial charge in [0, 0.05) is 21.8 Å². The maximum Gasteiger partial charge on any atom is 0.249 e. The van der Waals surface area contributed by atoms with E-state index < -0.39 is 6.04 Å². The summed E-state index contributed by atoms with van der Waals surface area (Å²) in [7, 11) is 0. The van der Waals surface area contributed by atoms with Crippen molar-refractivity contribution in [2.24, 2.45) is 0 Å². The van der Waals surface area contributed by atoms with E-state index in [2.05, 4.69) is 15.7 Å². The Bertz CT molecular complexity index is 1110. The Labute approximate surface area is 179 Å². The van der Waals surface area contributed by atoms with Crippen LogP contribution in [0.15, 0.2) is 48.5 Å². The van der Waals surface area contributed by atoms with E-state index in [-0.39, 0.29) is 18.2 Å². The predicted octanol–water partition coefficient (Wildman–Crippen LogP) is 4.43. The van der Waals surface area contributed by atoms with Gasteiger partial charge in [-0.1, -0.05) is 23.7 Å². The third kappa shape index (κ3) is 3.89. The van der Waals surface area contributed by atoms with E-state index in [4.69, 9.17) is 16.3 Å². The standard InChI is InChI=1S/C22H21ClN4O3/c1-3-30-17-9-7-16(8-10-17)24-22(29)18-12-19(28)25-21-13(2)20(26-27(18)21)14-5-4-6-15(23)11-14/h4-11,18H,3,12H2,1-2H3,(H,24,29)(H,25,28)/t18-/m1/s1. The zero-order chi connectivity index (χ0) is 21.3. The minimum atomic E-state index is -0.757. The number of anilines is 2. The van der Waals surface area contributed by atoms with E-state index in [0.29, 0.717) is 28.8 Å². The molecule has 154 valence electrons. The smallest absolute Gasteiger partial charge is 0.249 e. The fourth-order valence-corrected chi connectivity index (χ4v) is 3.67. The summed E-state index contributed by atoms with van der Waals surface area (Å²) >= 11 is 6.12. The van der Waals surface area contributed by atoms with Crippen LogP contribution in [0.2, 0.25) is 5.02 Å². The molecule has 0 saturated carbocycles. The lowest BCUT2D eigenvalue weighted by molar-refractivity contribution is -0.125. The highest BCUT2D eigenvalue weighted by atomic mass is 35.5. The highest BCUT2D eigenvalue weighted by molar-refractivity contribution is 6.30. The number of hydrogen-bond donors (Lipinski definition) is 2. The van der Waals surface area contributed by atoms with Gasteiger partial charge in [-0.05, 0) is 50.2 Å². The number of carbonyl (C=O) groups excluding carboxylic acids is 2. The molecule has 1 aliphatic heterocycles. The van der Waals surface area contributed by atoms with Crippen molar-refractivity contribution in [1.82, 2.24) is 9.78 Å². The molecule has 3 aromatic rings. The second kappa shape index (κ2) is 8.20. The summed E-state index contributed by atoms with van der Waals surface area (Å²) in [6, 6.07) is 13.7. The second-order valence-electron chi connectivity index (χ2n) is 6.99. The van der Waals surface area contributed by atoms with Gasteiger partial charge in [0.05, 0.1) is 18.7 Å². The number of halogens is 1. The molecule has 2 heterocycles. The van der Waals surface area contributed by atoms with E-state index in [0.717, 1.165) is 16.9 Å². The van der Waals surface area contributed by atoms with Gasteiger partial charge < -0.3 is 15.4 Å². The maximum absolute atomic E-state index is 13.0. The van der Waals surface area contributed by atoms with Gasteiger partial charge in [0.25, 0.3) is 0 Å². The SMILES string of the molecule is CCOc1ccc(NC(=O)[C@H]2CC(=O)Nc3c(C)c(-c4cccc(Cl)c4)nn32)cc1. The summed E-state index contributed by atoms with van der Waals surface area (Å²) in [4.78, 5) is 25.3. The number of benzene rings is 2. The van der Waals surface area contributed by atoms with E-state index in [1.807, 2.05) is 26.0 Å². The number of nitrogens with one attached hydrogen (secondary N) is 2. The fourth-order valence-electron chi connectivity index (χ4n) is 3.48. The molecule has 0 radical (unpaired) electrons. The molecule has 7 nitrogen and oxygen atoms in total. The molecule has 0 bridgehead atoms. The summed E-state index contributed by atoms with van der Waals surface area (Å²) < 4.78 is 7.00. The van der Waals surface area contributed by atoms with Gasteiger partial charge in [-0.3, -0.25) is 9.59 Å². The minimum Gasteiger partial charge on any atom is -0.494 e. The monoisotopic (exact) mass is 424 g/mol. The lowest BCUT2D eigenvalue weighted by Crippen LogP contribution is -2.35. The van der Waals surface area contributed by atoms with Gasteiger partial charge in [-0.15, -0.1) is 0 Å². The highest BCUT2D eigenvalue weighted by Crippen LogP contribution is 2.35. The lowest BCUT2D eigenvalue weighted by Gasteiger charge is -2.24. The Morgan fingerprint density at radius 3 is 2.77 bits per heavy atom. The second-order valence-corrected chi connectivity index (χ2v) is 7.43. The van der Waals surface area contributed by atoms with Gasteiger partial charge in [0.15, 0.2) is 0 Å². The molecule has 0 aliphatic carbocycles. The van der Waals surface area contributed by atoms with Crippen molar-refractivity contribution < 1.29 is 14.3 Å². The van der Waals surface area contributed by atoms with Crippen LogP contribution >= 0.6 is 11.6 Å². The highest BCUT2D eigenvalue weighted by Gasteiger charge is 2.34. The molecule has 0 fully saturated rings. The fraction of sp³-hybridized carbons (Fsp3) is 0.227. The van der Waals surface area contributed by atoms with Gasteiger partial charge in [0.1, 0.15) is 17.6 Å². The van der Waals surface area contributed by atoms with Crippen molar-refractivity contribution in [3.8, 4) is 17.0 Å². The zero-order valence-corrected chi connectivity index (χ0v) is 17.4. The van der Waals surface area contributed by atoms with Crippen molar-refractivity contribution in [2.75, 3.05) is 17.2 Å². The van der Waals surface area contributed by atoms with E-state index >= 15 is 0 Å². The molecule has 0 saturated heterocycles. The lowest BCUT2D eigenvalue weighted by atomic mass is 10.1. The van der Waals surface area contributed by atoms with Gasteiger partial charge in [-0.25, -0.2) is 4.68 Å². The number of aromatic nitrogens is 2. The molecule has 2 amide bonds. The van der Waals surface area contributed by atoms with Crippen LogP contribution in [0.1, 0.15) is 24.9 Å². The van der Waals surface area contributed by atoms with Crippen LogP contribution in [0.5, 0.6) is 5.75 Å². The number of ether oxygens (including phenoxy) is 1. The van der Waals surface area contributed by atoms with Crippen LogP contribution < -0.4 is 15.4 Å². The molecule has 2 aromatic carbocycles. The Morgan fingerprint density at radius 1 is 1.30 bits per heavy atom. The molecule has 8 heteroatoms. The molecule has 0 unspecified atom stereocenters. The first kappa shape index (κ1) is 20.0. The number of fused-ring (bicyclic) bond motifs is 1. The summed E-state index contributed by atoms with van der Waals surface area (Å²) in [5.74, 6) is 0.710. The molecule has 4 rings (SSSR count). The number of amides is 2. The minimum absolute atomic E-state index is 0.00592. The van der Waals surface area contributed by atoms with Gasteiger partial charge in [0.2, 0.25) is 11.8 Å². The van der Waals surface area contributed by atoms with Gasteiger partial charge >= 0.3 is 0 Å². The predicted molar refractivity (Wildman–Crippen MR) is 116 cm³/mol. The first-order chi connectivity index (χ1) is 14.5. The summed E-state index contributed by atoms with van der Waals surface area (Å²) in [5, 5.41) is 10.9. The largest absolute Gasteiger partial charge is 0.494 e. The molecule has 30 heavy (non-hydrogen) atoms. The third-order valence-corrected chi connectivity index (χ3v) is 5.15. The molecule has 1 atom stereocenters. The molecular formula is C22H21ClN4O3. The summed E-state index contributed by atoms with van der Waals surface area (Å²) in [5.41, 5.74) is 2.90. The van der Waals surface area contributed by atoms with Crippen molar-refractivity contribution in [3.63, 3.8) is 0 Å². The Balaban J connectivity index is 1.63. The van der Waals surface area contributed by atoms with E-state index in [9.17, 15) is 9.59 Å². The Kier molecular flexibility index (Phi) is 5.46. The summed E-state index contributed by atoms with van der Waals surface area (Å²) in [6.07, 6.45) is 0.00592. The molecular weight excluding hydrogens is 404 g/mol. The number of carbonyl (C=O) groups is 2. The number of nitrogens with zero attached hydrogens (tertiary/aromatic N) is 2. The molecule has 0 spiro atoms. The van der Waals surface area contributed by atoms with Crippen LogP contribution in [-0.2, 0) is 9.59 Å². The van der Waals surface area contributed by atoms with Crippen LogP contribution in [0, 0.1) is 6.92 Å². The normalized spacial score (nSPS) is 15.3. The van der Waals surface area contributed by atoms with E-state index in [1.165, 1.54) is 0 Å². The molecule has 2 N–H and O–H groups in total. The molecule has 1 aliphatic rings. The third-order valence-electron chi connectivity index (χ3n) is 4.91. The van der Waals surface area contributed by atoms with Crippen molar-refractivity contribution in [3.05, 3.63) is 59.1 Å². The topological polar surface area (TPSA) is 85.2 Å². The first-order valence-corrected chi connectivity index (χ1v) is 10.0. The van der Waals surface area contributed by atoms with Crippen molar-refractivity contribution >= 4 is 34.9 Å². The average Bonchev–Trinajstić information content (AvgIpc) is 3.05. The maximum atomic E-state index is 13.0. The van der Waals surface area contributed by atoms with Crippen LogP contribution in [0.25, 0.3) is 11.3 Å². The zero-order valence-electron chi connectivity index (χ0n) is 16.6. The Morgan fingerprint density at radius 2 is 2.07 bits per heavy atom.